The van der Waals surface area contributed by atoms with Gasteiger partial charge in [0.25, 0.3) is 0 Å². The molecule has 6 heteroatoms. The van der Waals surface area contributed by atoms with Crippen LogP contribution < -0.4 is 5.32 Å². The Morgan fingerprint density at radius 2 is 2.15 bits per heavy atom. The van der Waals surface area contributed by atoms with Crippen LogP contribution in [0.15, 0.2) is 30.3 Å². The molecule has 2 amide bonds. The highest BCUT2D eigenvalue weighted by atomic mass is 32.2. The molecule has 108 valence electrons. The number of nitrogens with zero attached hydrogens (tertiary/aromatic N) is 1. The number of benzene rings is 1. The van der Waals surface area contributed by atoms with Crippen LogP contribution in [0.4, 0.5) is 0 Å². The van der Waals surface area contributed by atoms with E-state index < -0.39 is 5.54 Å². The van der Waals surface area contributed by atoms with Crippen LogP contribution in [-0.4, -0.2) is 46.6 Å². The summed E-state index contributed by atoms with van der Waals surface area (Å²) < 4.78 is 0. The summed E-state index contributed by atoms with van der Waals surface area (Å²) in [5, 5.41) is 12.4. The van der Waals surface area contributed by atoms with Gasteiger partial charge in [-0.3, -0.25) is 9.59 Å². The van der Waals surface area contributed by atoms with Gasteiger partial charge in [0.1, 0.15) is 6.54 Å². The minimum absolute atomic E-state index is 0.0180. The van der Waals surface area contributed by atoms with Crippen LogP contribution >= 0.6 is 11.8 Å². The molecule has 5 nitrogen and oxygen atoms in total. The SMILES string of the molecule is CC(CO)(NC(=O)CN1CSCC1=O)c1ccccc1. The Labute approximate surface area is 122 Å². The predicted octanol–water partition coefficient (Wildman–Crippen LogP) is 0.543. The van der Waals surface area contributed by atoms with Crippen molar-refractivity contribution in [1.29, 1.82) is 0 Å². The second kappa shape index (κ2) is 6.28. The van der Waals surface area contributed by atoms with E-state index in [0.717, 1.165) is 5.56 Å². The number of nitrogens with one attached hydrogen (secondary N) is 1. The monoisotopic (exact) mass is 294 g/mol. The Hall–Kier alpha value is -1.53. The number of amides is 2. The van der Waals surface area contributed by atoms with Crippen molar-refractivity contribution in [3.05, 3.63) is 35.9 Å². The van der Waals surface area contributed by atoms with Gasteiger partial charge in [0.15, 0.2) is 0 Å². The van der Waals surface area contributed by atoms with E-state index in [2.05, 4.69) is 5.32 Å². The second-order valence-electron chi connectivity index (χ2n) is 4.97. The van der Waals surface area contributed by atoms with Gasteiger partial charge in [-0.25, -0.2) is 0 Å². The molecule has 1 aromatic carbocycles. The van der Waals surface area contributed by atoms with Gasteiger partial charge >= 0.3 is 0 Å². The fraction of sp³-hybridized carbons (Fsp3) is 0.429. The number of aliphatic hydroxyl groups is 1. The van der Waals surface area contributed by atoms with Gasteiger partial charge in [0.05, 0.1) is 23.8 Å². The highest BCUT2D eigenvalue weighted by Crippen LogP contribution is 2.20. The molecule has 0 radical (unpaired) electrons. The summed E-state index contributed by atoms with van der Waals surface area (Å²) in [5.41, 5.74) is -0.00757. The smallest absolute Gasteiger partial charge is 0.240 e. The summed E-state index contributed by atoms with van der Waals surface area (Å²) in [6, 6.07) is 9.30. The molecule has 1 aliphatic heterocycles. The number of hydrogen-bond acceptors (Lipinski definition) is 4. The molecule has 0 spiro atoms. The van der Waals surface area contributed by atoms with Crippen molar-refractivity contribution in [3.63, 3.8) is 0 Å². The molecule has 1 aromatic rings. The summed E-state index contributed by atoms with van der Waals surface area (Å²) in [6.45, 7) is 1.60. The van der Waals surface area contributed by atoms with E-state index in [9.17, 15) is 14.7 Å². The fourth-order valence-corrected chi connectivity index (χ4v) is 2.97. The predicted molar refractivity (Wildman–Crippen MR) is 78.1 cm³/mol. The van der Waals surface area contributed by atoms with Gasteiger partial charge in [-0.05, 0) is 12.5 Å². The molecule has 20 heavy (non-hydrogen) atoms. The molecule has 2 rings (SSSR count). The van der Waals surface area contributed by atoms with E-state index in [1.165, 1.54) is 16.7 Å². The van der Waals surface area contributed by atoms with Crippen molar-refractivity contribution in [2.45, 2.75) is 12.5 Å². The van der Waals surface area contributed by atoms with Gasteiger partial charge < -0.3 is 15.3 Å². The lowest BCUT2D eigenvalue weighted by molar-refractivity contribution is -0.133. The molecule has 1 aliphatic rings. The zero-order valence-electron chi connectivity index (χ0n) is 11.3. The lowest BCUT2D eigenvalue weighted by atomic mass is 9.93. The third-order valence-corrected chi connectivity index (χ3v) is 4.25. The highest BCUT2D eigenvalue weighted by Gasteiger charge is 2.30. The molecule has 0 aromatic heterocycles. The van der Waals surface area contributed by atoms with Crippen LogP contribution in [0.2, 0.25) is 0 Å². The van der Waals surface area contributed by atoms with Crippen molar-refractivity contribution in [3.8, 4) is 0 Å². The summed E-state index contributed by atoms with van der Waals surface area (Å²) in [4.78, 5) is 25.1. The molecule has 0 saturated carbocycles. The van der Waals surface area contributed by atoms with E-state index >= 15 is 0 Å². The first kappa shape index (κ1) is 14.9. The number of hydrogen-bond donors (Lipinski definition) is 2. The second-order valence-corrected chi connectivity index (χ2v) is 5.93. The van der Waals surface area contributed by atoms with Crippen molar-refractivity contribution in [2.75, 3.05) is 24.8 Å². The normalized spacial score (nSPS) is 17.9. The third-order valence-electron chi connectivity index (χ3n) is 3.30. The van der Waals surface area contributed by atoms with Crippen molar-refractivity contribution in [2.24, 2.45) is 0 Å². The molecule has 0 aliphatic carbocycles. The molecule has 1 atom stereocenters. The molecule has 2 N–H and O–H groups in total. The molecule has 0 bridgehead atoms. The minimum Gasteiger partial charge on any atom is -0.394 e. The first-order valence-corrected chi connectivity index (χ1v) is 7.53. The summed E-state index contributed by atoms with van der Waals surface area (Å²) in [5.74, 6) is 0.702. The van der Waals surface area contributed by atoms with Crippen LogP contribution in [-0.2, 0) is 15.1 Å². The average Bonchev–Trinajstić information content (AvgIpc) is 2.85. The number of rotatable bonds is 5. The van der Waals surface area contributed by atoms with E-state index in [1.807, 2.05) is 30.3 Å². The van der Waals surface area contributed by atoms with Gasteiger partial charge in [0, 0.05) is 0 Å². The minimum atomic E-state index is -0.839. The highest BCUT2D eigenvalue weighted by molar-refractivity contribution is 8.00. The topological polar surface area (TPSA) is 69.6 Å². The van der Waals surface area contributed by atoms with Crippen LogP contribution in [0.25, 0.3) is 0 Å². The Bertz CT molecular complexity index is 494. The quantitative estimate of drug-likeness (QED) is 0.832. The molecule has 1 fully saturated rings. The molecule has 1 heterocycles. The fourth-order valence-electron chi connectivity index (χ4n) is 2.07. The average molecular weight is 294 g/mol. The Balaban J connectivity index is 2.02. The van der Waals surface area contributed by atoms with Gasteiger partial charge in [0.2, 0.25) is 11.8 Å². The van der Waals surface area contributed by atoms with Crippen LogP contribution in [0.1, 0.15) is 12.5 Å². The number of carbonyl (C=O) groups excluding carboxylic acids is 2. The van der Waals surface area contributed by atoms with E-state index in [4.69, 9.17) is 0 Å². The molecular weight excluding hydrogens is 276 g/mol. The zero-order valence-corrected chi connectivity index (χ0v) is 12.2. The van der Waals surface area contributed by atoms with Gasteiger partial charge in [-0.2, -0.15) is 0 Å². The van der Waals surface area contributed by atoms with Crippen LogP contribution in [0, 0.1) is 0 Å². The van der Waals surface area contributed by atoms with Crippen LogP contribution in [0.3, 0.4) is 0 Å². The molecule has 1 saturated heterocycles. The number of thioether (sulfide) groups is 1. The largest absolute Gasteiger partial charge is 0.394 e. The van der Waals surface area contributed by atoms with Gasteiger partial charge in [-0.1, -0.05) is 30.3 Å². The summed E-state index contributed by atoms with van der Waals surface area (Å²) in [7, 11) is 0. The van der Waals surface area contributed by atoms with E-state index in [1.54, 1.807) is 6.92 Å². The Kier molecular flexibility index (Phi) is 4.67. The van der Waals surface area contributed by atoms with Crippen molar-refractivity contribution >= 4 is 23.6 Å². The first-order chi connectivity index (χ1) is 9.55. The lowest BCUT2D eigenvalue weighted by Crippen LogP contribution is -2.50. The summed E-state index contributed by atoms with van der Waals surface area (Å²) >= 11 is 1.50. The van der Waals surface area contributed by atoms with E-state index in [-0.39, 0.29) is 25.0 Å². The Morgan fingerprint density at radius 1 is 1.45 bits per heavy atom. The van der Waals surface area contributed by atoms with Crippen molar-refractivity contribution < 1.29 is 14.7 Å². The number of carbonyl (C=O) groups is 2. The standard InChI is InChI=1S/C14H18N2O3S/c1-14(9-17,11-5-3-2-4-6-11)15-12(18)7-16-10-20-8-13(16)19/h2-6,17H,7-10H2,1H3,(H,15,18). The van der Waals surface area contributed by atoms with E-state index in [0.29, 0.717) is 11.6 Å². The molecule has 1 unspecified atom stereocenters. The zero-order chi connectivity index (χ0) is 14.6. The lowest BCUT2D eigenvalue weighted by Gasteiger charge is -2.30. The maximum atomic E-state index is 12.1. The summed E-state index contributed by atoms with van der Waals surface area (Å²) in [6.07, 6.45) is 0. The van der Waals surface area contributed by atoms with Gasteiger partial charge in [-0.15, -0.1) is 11.8 Å². The maximum absolute atomic E-state index is 12.1. The first-order valence-electron chi connectivity index (χ1n) is 6.38. The van der Waals surface area contributed by atoms with Crippen molar-refractivity contribution in [1.82, 2.24) is 10.2 Å². The number of aliphatic hydroxyl groups excluding tert-OH is 1. The molecular formula is C14H18N2O3S. The van der Waals surface area contributed by atoms with Crippen LogP contribution in [0.5, 0.6) is 0 Å². The Morgan fingerprint density at radius 3 is 2.70 bits per heavy atom. The third kappa shape index (κ3) is 3.32. The maximum Gasteiger partial charge on any atom is 0.240 e.